The van der Waals surface area contributed by atoms with Crippen molar-refractivity contribution in [2.45, 2.75) is 12.5 Å². The molecule has 86 valence electrons. The first kappa shape index (κ1) is 11.3. The molecule has 4 nitrogen and oxygen atoms in total. The summed E-state index contributed by atoms with van der Waals surface area (Å²) in [5, 5.41) is 0.610. The molecule has 5 heteroatoms. The Morgan fingerprint density at radius 2 is 2.25 bits per heavy atom. The lowest BCUT2D eigenvalue weighted by molar-refractivity contribution is 0.216. The van der Waals surface area contributed by atoms with Crippen molar-refractivity contribution < 1.29 is 4.74 Å². The topological polar surface area (TPSA) is 73.3 Å². The van der Waals surface area contributed by atoms with Crippen LogP contribution in [0.15, 0.2) is 30.0 Å². The summed E-state index contributed by atoms with van der Waals surface area (Å²) in [5.41, 5.74) is 10.1. The van der Waals surface area contributed by atoms with Crippen LogP contribution in [0.1, 0.15) is 18.0 Å². The van der Waals surface area contributed by atoms with Crippen molar-refractivity contribution in [3.05, 3.63) is 40.6 Å². The summed E-state index contributed by atoms with van der Waals surface area (Å²) in [6.07, 6.45) is 2.92. The van der Waals surface area contributed by atoms with E-state index >= 15 is 0 Å². The number of hydrogen-bond donors (Lipinski definition) is 3. The van der Waals surface area contributed by atoms with Gasteiger partial charge in [0.05, 0.1) is 6.61 Å². The SMILES string of the molecule is NNC(C1=CCCO1)c1ccc(Cl)cc1N. The second kappa shape index (κ2) is 4.74. The third-order valence-corrected chi connectivity index (χ3v) is 2.78. The van der Waals surface area contributed by atoms with Crippen LogP contribution >= 0.6 is 11.6 Å². The van der Waals surface area contributed by atoms with Crippen molar-refractivity contribution in [3.8, 4) is 0 Å². The molecule has 16 heavy (non-hydrogen) atoms. The molecule has 0 fully saturated rings. The zero-order chi connectivity index (χ0) is 11.5. The van der Waals surface area contributed by atoms with Gasteiger partial charge in [0.25, 0.3) is 0 Å². The van der Waals surface area contributed by atoms with Crippen molar-refractivity contribution in [3.63, 3.8) is 0 Å². The predicted octanol–water partition coefficient (Wildman–Crippen LogP) is 1.73. The van der Waals surface area contributed by atoms with E-state index in [0.717, 1.165) is 17.7 Å². The molecule has 1 atom stereocenters. The minimum atomic E-state index is -0.209. The fourth-order valence-electron chi connectivity index (χ4n) is 1.77. The van der Waals surface area contributed by atoms with Crippen molar-refractivity contribution in [1.29, 1.82) is 0 Å². The molecule has 1 aliphatic rings. The van der Waals surface area contributed by atoms with Gasteiger partial charge in [-0.15, -0.1) is 0 Å². The van der Waals surface area contributed by atoms with E-state index in [0.29, 0.717) is 17.3 Å². The van der Waals surface area contributed by atoms with Gasteiger partial charge >= 0.3 is 0 Å². The fourth-order valence-corrected chi connectivity index (χ4v) is 1.95. The van der Waals surface area contributed by atoms with Gasteiger partial charge in [-0.25, -0.2) is 5.43 Å². The smallest absolute Gasteiger partial charge is 0.115 e. The molecule has 0 aromatic heterocycles. The maximum Gasteiger partial charge on any atom is 0.115 e. The van der Waals surface area contributed by atoms with E-state index in [4.69, 9.17) is 27.9 Å². The van der Waals surface area contributed by atoms with Gasteiger partial charge in [-0.3, -0.25) is 5.84 Å². The Morgan fingerprint density at radius 3 is 2.81 bits per heavy atom. The van der Waals surface area contributed by atoms with Gasteiger partial charge in [0.2, 0.25) is 0 Å². The largest absolute Gasteiger partial charge is 0.496 e. The summed E-state index contributed by atoms with van der Waals surface area (Å²) in [7, 11) is 0. The summed E-state index contributed by atoms with van der Waals surface area (Å²) < 4.78 is 5.48. The molecule has 0 spiro atoms. The van der Waals surface area contributed by atoms with E-state index in [1.54, 1.807) is 12.1 Å². The molecule has 1 aliphatic heterocycles. The molecule has 0 bridgehead atoms. The molecule has 1 aromatic carbocycles. The van der Waals surface area contributed by atoms with Crippen LogP contribution in [0.25, 0.3) is 0 Å². The highest BCUT2D eigenvalue weighted by molar-refractivity contribution is 6.30. The molecule has 0 saturated carbocycles. The monoisotopic (exact) mass is 239 g/mol. The summed E-state index contributed by atoms with van der Waals surface area (Å²) in [6, 6.07) is 5.13. The fraction of sp³-hybridized carbons (Fsp3) is 0.273. The number of nitrogen functional groups attached to an aromatic ring is 1. The molecule has 0 aliphatic carbocycles. The van der Waals surface area contributed by atoms with Gasteiger partial charge < -0.3 is 10.5 Å². The highest BCUT2D eigenvalue weighted by Gasteiger charge is 2.21. The summed E-state index contributed by atoms with van der Waals surface area (Å²) in [5.74, 6) is 6.35. The molecular weight excluding hydrogens is 226 g/mol. The number of nitrogens with one attached hydrogen (secondary N) is 1. The summed E-state index contributed by atoms with van der Waals surface area (Å²) in [4.78, 5) is 0. The molecule has 1 heterocycles. The standard InChI is InChI=1S/C11H14ClN3O/c12-7-3-4-8(9(13)6-7)11(15-14)10-2-1-5-16-10/h2-4,6,11,15H,1,5,13-14H2. The van der Waals surface area contributed by atoms with Crippen molar-refractivity contribution in [2.75, 3.05) is 12.3 Å². The average molecular weight is 240 g/mol. The minimum Gasteiger partial charge on any atom is -0.496 e. The Hall–Kier alpha value is -1.23. The third kappa shape index (κ3) is 2.14. The van der Waals surface area contributed by atoms with E-state index in [9.17, 15) is 0 Å². The van der Waals surface area contributed by atoms with Crippen LogP contribution in [0, 0.1) is 0 Å². The maximum atomic E-state index is 5.90. The van der Waals surface area contributed by atoms with Crippen LogP contribution < -0.4 is 17.0 Å². The zero-order valence-corrected chi connectivity index (χ0v) is 9.50. The summed E-state index contributed by atoms with van der Waals surface area (Å²) in [6.45, 7) is 0.695. The number of hydrazine groups is 1. The van der Waals surface area contributed by atoms with Crippen molar-refractivity contribution in [2.24, 2.45) is 5.84 Å². The van der Waals surface area contributed by atoms with E-state index < -0.39 is 0 Å². The zero-order valence-electron chi connectivity index (χ0n) is 8.74. The average Bonchev–Trinajstić information content (AvgIpc) is 2.75. The quantitative estimate of drug-likeness (QED) is 0.427. The van der Waals surface area contributed by atoms with Crippen LogP contribution in [-0.4, -0.2) is 6.61 Å². The first-order valence-corrected chi connectivity index (χ1v) is 5.44. The summed E-state index contributed by atoms with van der Waals surface area (Å²) >= 11 is 5.85. The van der Waals surface area contributed by atoms with Gasteiger partial charge in [0, 0.05) is 22.7 Å². The van der Waals surface area contributed by atoms with Gasteiger partial charge in [-0.05, 0) is 18.2 Å². The number of hydrogen-bond acceptors (Lipinski definition) is 4. The number of anilines is 1. The molecular formula is C11H14ClN3O. The second-order valence-corrected chi connectivity index (χ2v) is 4.05. The molecule has 5 N–H and O–H groups in total. The van der Waals surface area contributed by atoms with E-state index in [-0.39, 0.29) is 6.04 Å². The lowest BCUT2D eigenvalue weighted by Gasteiger charge is -2.19. The molecule has 2 rings (SSSR count). The van der Waals surface area contributed by atoms with Gasteiger partial charge in [-0.2, -0.15) is 0 Å². The van der Waals surface area contributed by atoms with E-state index in [1.165, 1.54) is 0 Å². The second-order valence-electron chi connectivity index (χ2n) is 3.62. The van der Waals surface area contributed by atoms with Crippen LogP contribution in [0.3, 0.4) is 0 Å². The lowest BCUT2D eigenvalue weighted by atomic mass is 10.0. The Kier molecular flexibility index (Phi) is 3.33. The first-order chi connectivity index (χ1) is 7.72. The third-order valence-electron chi connectivity index (χ3n) is 2.54. The lowest BCUT2D eigenvalue weighted by Crippen LogP contribution is -2.30. The molecule has 1 aromatic rings. The van der Waals surface area contributed by atoms with Crippen LogP contribution in [0.2, 0.25) is 5.02 Å². The number of halogens is 1. The normalized spacial score (nSPS) is 16.8. The van der Waals surface area contributed by atoms with Crippen LogP contribution in [0.4, 0.5) is 5.69 Å². The highest BCUT2D eigenvalue weighted by atomic mass is 35.5. The number of ether oxygens (including phenoxy) is 1. The number of nitrogens with two attached hydrogens (primary N) is 2. The molecule has 1 unspecified atom stereocenters. The minimum absolute atomic E-state index is 0.209. The highest BCUT2D eigenvalue weighted by Crippen LogP contribution is 2.30. The Bertz CT molecular complexity index is 420. The van der Waals surface area contributed by atoms with Gasteiger partial charge in [0.15, 0.2) is 0 Å². The first-order valence-electron chi connectivity index (χ1n) is 5.06. The number of rotatable bonds is 3. The maximum absolute atomic E-state index is 5.90. The Morgan fingerprint density at radius 1 is 1.44 bits per heavy atom. The number of benzene rings is 1. The van der Waals surface area contributed by atoms with Crippen molar-refractivity contribution in [1.82, 2.24) is 5.43 Å². The predicted molar refractivity (Wildman–Crippen MR) is 64.6 cm³/mol. The van der Waals surface area contributed by atoms with Crippen molar-refractivity contribution >= 4 is 17.3 Å². The van der Waals surface area contributed by atoms with E-state index in [1.807, 2.05) is 12.1 Å². The van der Waals surface area contributed by atoms with Crippen LogP contribution in [-0.2, 0) is 4.74 Å². The Labute approximate surface area is 99.2 Å². The molecule has 0 radical (unpaired) electrons. The van der Waals surface area contributed by atoms with Gasteiger partial charge in [0.1, 0.15) is 11.8 Å². The molecule has 0 saturated heterocycles. The van der Waals surface area contributed by atoms with Gasteiger partial charge in [-0.1, -0.05) is 17.7 Å². The van der Waals surface area contributed by atoms with Crippen LogP contribution in [0.5, 0.6) is 0 Å². The Balaban J connectivity index is 2.32. The van der Waals surface area contributed by atoms with E-state index in [2.05, 4.69) is 5.43 Å². The molecule has 0 amide bonds.